The van der Waals surface area contributed by atoms with Crippen molar-refractivity contribution in [2.24, 2.45) is 5.73 Å². The largest absolute Gasteiger partial charge is 0.349 e. The molecule has 0 spiro atoms. The summed E-state index contributed by atoms with van der Waals surface area (Å²) in [6.45, 7) is 5.03. The molecule has 18 heavy (non-hydrogen) atoms. The quantitative estimate of drug-likeness (QED) is 0.852. The lowest BCUT2D eigenvalue weighted by Gasteiger charge is -2.07. The van der Waals surface area contributed by atoms with Gasteiger partial charge in [0.25, 0.3) is 0 Å². The van der Waals surface area contributed by atoms with Gasteiger partial charge >= 0.3 is 0 Å². The molecule has 94 valence electrons. The summed E-state index contributed by atoms with van der Waals surface area (Å²) >= 11 is 0. The number of nitrogens with one attached hydrogen (secondary N) is 1. The molecule has 0 atom stereocenters. The predicted octanol–water partition coefficient (Wildman–Crippen LogP) is 1.56. The van der Waals surface area contributed by atoms with Gasteiger partial charge in [0.1, 0.15) is 0 Å². The van der Waals surface area contributed by atoms with Crippen molar-refractivity contribution in [3.8, 4) is 0 Å². The molecule has 0 unspecified atom stereocenters. The maximum Gasteiger partial charge on any atom is 0.243 e. The normalized spacial score (nSPS) is 10.4. The summed E-state index contributed by atoms with van der Waals surface area (Å²) in [5.41, 5.74) is 9.62. The van der Waals surface area contributed by atoms with E-state index in [1.165, 1.54) is 0 Å². The van der Waals surface area contributed by atoms with Crippen molar-refractivity contribution in [3.05, 3.63) is 46.8 Å². The second kappa shape index (κ2) is 5.55. The van der Waals surface area contributed by atoms with Gasteiger partial charge in [-0.1, -0.05) is 24.3 Å². The molecule has 3 N–H and O–H groups in total. The third-order valence-corrected chi connectivity index (χ3v) is 2.77. The van der Waals surface area contributed by atoms with Gasteiger partial charge < -0.3 is 11.1 Å². The van der Waals surface area contributed by atoms with E-state index in [0.717, 1.165) is 22.5 Å². The predicted molar refractivity (Wildman–Crippen MR) is 71.0 cm³/mol. The molecule has 0 saturated heterocycles. The van der Waals surface area contributed by atoms with Crippen molar-refractivity contribution in [2.45, 2.75) is 26.9 Å². The molecule has 0 amide bonds. The number of nitrogens with two attached hydrogens (primary N) is 1. The summed E-state index contributed by atoms with van der Waals surface area (Å²) < 4.78 is 0. The number of hydrogen-bond donors (Lipinski definition) is 2. The Morgan fingerprint density at radius 1 is 1.11 bits per heavy atom. The number of hydrogen-bond acceptors (Lipinski definition) is 5. The Hall–Kier alpha value is -2.01. The van der Waals surface area contributed by atoms with E-state index in [1.54, 1.807) is 0 Å². The summed E-state index contributed by atoms with van der Waals surface area (Å²) in [4.78, 5) is 4.32. The highest BCUT2D eigenvalue weighted by Gasteiger charge is 2.01. The van der Waals surface area contributed by atoms with Gasteiger partial charge in [-0.25, -0.2) is 4.98 Å². The van der Waals surface area contributed by atoms with E-state index in [1.807, 2.05) is 32.0 Å². The fraction of sp³-hybridized carbons (Fsp3) is 0.308. The van der Waals surface area contributed by atoms with E-state index in [0.29, 0.717) is 19.0 Å². The van der Waals surface area contributed by atoms with Gasteiger partial charge in [-0.15, -0.1) is 5.10 Å². The fourth-order valence-electron chi connectivity index (χ4n) is 1.58. The number of aryl methyl sites for hydroxylation is 2. The van der Waals surface area contributed by atoms with Gasteiger partial charge in [-0.2, -0.15) is 5.10 Å². The summed E-state index contributed by atoms with van der Waals surface area (Å²) in [6.07, 6.45) is 0. The lowest BCUT2D eigenvalue weighted by atomic mass is 10.1. The second-order valence-corrected chi connectivity index (χ2v) is 4.18. The average molecular weight is 243 g/mol. The molecule has 2 rings (SSSR count). The number of anilines is 1. The lowest BCUT2D eigenvalue weighted by molar-refractivity contribution is 0.885. The van der Waals surface area contributed by atoms with Crippen LogP contribution in [0.4, 0.5) is 5.95 Å². The van der Waals surface area contributed by atoms with Crippen molar-refractivity contribution < 1.29 is 0 Å². The number of aromatic nitrogens is 3. The molecule has 0 fully saturated rings. The zero-order valence-electron chi connectivity index (χ0n) is 10.6. The summed E-state index contributed by atoms with van der Waals surface area (Å²) in [7, 11) is 0. The highest BCUT2D eigenvalue weighted by Crippen LogP contribution is 2.07. The van der Waals surface area contributed by atoms with Crippen LogP contribution in [-0.2, 0) is 13.1 Å². The minimum absolute atomic E-state index is 0.551. The van der Waals surface area contributed by atoms with E-state index < -0.39 is 0 Å². The minimum Gasteiger partial charge on any atom is -0.349 e. The van der Waals surface area contributed by atoms with Gasteiger partial charge in [0, 0.05) is 13.1 Å². The van der Waals surface area contributed by atoms with E-state index in [2.05, 4.69) is 26.6 Å². The summed E-state index contributed by atoms with van der Waals surface area (Å²) in [5.74, 6) is 0.552. The average Bonchev–Trinajstić information content (AvgIpc) is 2.40. The van der Waals surface area contributed by atoms with Crippen LogP contribution in [0.15, 0.2) is 24.3 Å². The fourth-order valence-corrected chi connectivity index (χ4v) is 1.58. The first-order valence-electron chi connectivity index (χ1n) is 5.88. The summed E-state index contributed by atoms with van der Waals surface area (Å²) in [6, 6.07) is 8.12. The van der Waals surface area contributed by atoms with Crippen molar-refractivity contribution in [2.75, 3.05) is 5.32 Å². The smallest absolute Gasteiger partial charge is 0.243 e. The molecule has 2 aromatic rings. The van der Waals surface area contributed by atoms with Gasteiger partial charge in [0.2, 0.25) is 5.95 Å². The monoisotopic (exact) mass is 243 g/mol. The first-order valence-corrected chi connectivity index (χ1v) is 5.88. The molecular formula is C13H17N5. The third kappa shape index (κ3) is 3.01. The molecule has 1 aromatic heterocycles. The first-order chi connectivity index (χ1) is 8.69. The highest BCUT2D eigenvalue weighted by atomic mass is 15.2. The molecule has 5 nitrogen and oxygen atoms in total. The SMILES string of the molecule is Cc1nnc(NCc2cccc(CN)c2)nc1C. The molecule has 1 aromatic carbocycles. The molecule has 0 aliphatic rings. The number of benzene rings is 1. The minimum atomic E-state index is 0.551. The van der Waals surface area contributed by atoms with Gasteiger partial charge in [-0.3, -0.25) is 0 Å². The summed E-state index contributed by atoms with van der Waals surface area (Å²) in [5, 5.41) is 11.2. The maximum absolute atomic E-state index is 5.61. The van der Waals surface area contributed by atoms with Crippen molar-refractivity contribution in [1.82, 2.24) is 15.2 Å². The van der Waals surface area contributed by atoms with Crippen LogP contribution in [0.2, 0.25) is 0 Å². The van der Waals surface area contributed by atoms with Crippen LogP contribution in [-0.4, -0.2) is 15.2 Å². The van der Waals surface area contributed by atoms with Crippen molar-refractivity contribution in [1.29, 1.82) is 0 Å². The Morgan fingerprint density at radius 3 is 2.61 bits per heavy atom. The molecule has 5 heteroatoms. The van der Waals surface area contributed by atoms with Crippen LogP contribution < -0.4 is 11.1 Å². The van der Waals surface area contributed by atoms with E-state index in [-0.39, 0.29) is 0 Å². The van der Waals surface area contributed by atoms with Crippen LogP contribution >= 0.6 is 0 Å². The number of nitrogens with zero attached hydrogens (tertiary/aromatic N) is 3. The second-order valence-electron chi connectivity index (χ2n) is 4.18. The Labute approximate surface area is 106 Å². The van der Waals surface area contributed by atoms with Crippen LogP contribution in [0.5, 0.6) is 0 Å². The maximum atomic E-state index is 5.61. The first kappa shape index (κ1) is 12.4. The molecule has 0 bridgehead atoms. The van der Waals surface area contributed by atoms with Crippen LogP contribution in [0.3, 0.4) is 0 Å². The van der Waals surface area contributed by atoms with Gasteiger partial charge in [0.15, 0.2) is 0 Å². The Morgan fingerprint density at radius 2 is 1.89 bits per heavy atom. The number of rotatable bonds is 4. The molecule has 1 heterocycles. The van der Waals surface area contributed by atoms with E-state index in [4.69, 9.17) is 5.73 Å². The van der Waals surface area contributed by atoms with Crippen LogP contribution in [0.1, 0.15) is 22.5 Å². The third-order valence-electron chi connectivity index (χ3n) is 2.77. The Balaban J connectivity index is 2.04. The lowest BCUT2D eigenvalue weighted by Crippen LogP contribution is -2.07. The van der Waals surface area contributed by atoms with Crippen molar-refractivity contribution >= 4 is 5.95 Å². The zero-order valence-corrected chi connectivity index (χ0v) is 10.6. The van der Waals surface area contributed by atoms with E-state index >= 15 is 0 Å². The molecule has 0 saturated carbocycles. The topological polar surface area (TPSA) is 76.7 Å². The molecule has 0 aliphatic carbocycles. The Kier molecular flexibility index (Phi) is 3.84. The Bertz CT molecular complexity index is 539. The molecule has 0 aliphatic heterocycles. The highest BCUT2D eigenvalue weighted by molar-refractivity contribution is 5.30. The van der Waals surface area contributed by atoms with Crippen LogP contribution in [0, 0.1) is 13.8 Å². The van der Waals surface area contributed by atoms with Gasteiger partial charge in [-0.05, 0) is 25.0 Å². The van der Waals surface area contributed by atoms with Crippen LogP contribution in [0.25, 0.3) is 0 Å². The zero-order chi connectivity index (χ0) is 13.0. The van der Waals surface area contributed by atoms with E-state index in [9.17, 15) is 0 Å². The molecular weight excluding hydrogens is 226 g/mol. The molecule has 0 radical (unpaired) electrons. The van der Waals surface area contributed by atoms with Crippen molar-refractivity contribution in [3.63, 3.8) is 0 Å². The van der Waals surface area contributed by atoms with Gasteiger partial charge in [0.05, 0.1) is 11.4 Å². The standard InChI is InChI=1S/C13H17N5/c1-9-10(2)17-18-13(16-9)15-8-12-5-3-4-11(6-12)7-14/h3-6H,7-8,14H2,1-2H3,(H,15,16,18).